The Labute approximate surface area is 157 Å². The number of nitrogens with one attached hydrogen (secondary N) is 1. The normalized spacial score (nSPS) is 17.2. The fourth-order valence-corrected chi connectivity index (χ4v) is 3.13. The fraction of sp³-hybridized carbons (Fsp3) is 0.444. The lowest BCUT2D eigenvalue weighted by atomic mass is 10.1. The van der Waals surface area contributed by atoms with E-state index < -0.39 is 6.04 Å². The molecule has 2 heterocycles. The first kappa shape index (κ1) is 18.7. The number of piperazine rings is 1. The number of benzene rings is 1. The molecule has 2 aromatic rings. The Balaban J connectivity index is 1.70. The van der Waals surface area contributed by atoms with Gasteiger partial charge in [-0.1, -0.05) is 13.0 Å². The predicted molar refractivity (Wildman–Crippen MR) is 101 cm³/mol. The molecule has 1 aliphatic heterocycles. The van der Waals surface area contributed by atoms with Gasteiger partial charge in [0, 0.05) is 38.3 Å². The third kappa shape index (κ3) is 3.71. The molecule has 0 spiro atoms. The van der Waals surface area contributed by atoms with Gasteiger partial charge in [-0.15, -0.1) is 5.10 Å². The highest BCUT2D eigenvalue weighted by atomic mass is 16.5. The Kier molecular flexibility index (Phi) is 5.29. The van der Waals surface area contributed by atoms with E-state index in [0.717, 1.165) is 11.5 Å². The van der Waals surface area contributed by atoms with Gasteiger partial charge in [-0.2, -0.15) is 4.98 Å². The largest absolute Gasteiger partial charge is 0.497 e. The SMILES string of the molecule is CCc1nc(NC(=O)N2CCN(c3cccc(OC)c3)C(=O)C2C)nn1C. The maximum absolute atomic E-state index is 12.8. The average molecular weight is 372 g/mol. The Morgan fingerprint density at radius 2 is 2.15 bits per heavy atom. The van der Waals surface area contributed by atoms with Gasteiger partial charge < -0.3 is 14.5 Å². The van der Waals surface area contributed by atoms with Crippen molar-refractivity contribution in [3.05, 3.63) is 30.1 Å². The van der Waals surface area contributed by atoms with Gasteiger partial charge in [0.25, 0.3) is 0 Å². The van der Waals surface area contributed by atoms with Crippen molar-refractivity contribution in [3.8, 4) is 5.75 Å². The molecule has 0 radical (unpaired) electrons. The van der Waals surface area contributed by atoms with Crippen LogP contribution in [-0.2, 0) is 18.3 Å². The lowest BCUT2D eigenvalue weighted by Crippen LogP contribution is -2.58. The third-order valence-corrected chi connectivity index (χ3v) is 4.67. The Bertz CT molecular complexity index is 849. The van der Waals surface area contributed by atoms with E-state index in [2.05, 4.69) is 15.4 Å². The highest BCUT2D eigenvalue weighted by molar-refractivity contribution is 6.01. The van der Waals surface area contributed by atoms with E-state index in [1.54, 1.807) is 30.7 Å². The minimum Gasteiger partial charge on any atom is -0.497 e. The highest BCUT2D eigenvalue weighted by Crippen LogP contribution is 2.24. The van der Waals surface area contributed by atoms with Crippen LogP contribution in [0.4, 0.5) is 16.4 Å². The first-order valence-electron chi connectivity index (χ1n) is 8.87. The van der Waals surface area contributed by atoms with E-state index in [1.807, 2.05) is 31.2 Å². The quantitative estimate of drug-likeness (QED) is 0.881. The molecule has 9 heteroatoms. The molecule has 3 rings (SSSR count). The minimum absolute atomic E-state index is 0.145. The van der Waals surface area contributed by atoms with Crippen LogP contribution in [0.3, 0.4) is 0 Å². The van der Waals surface area contributed by atoms with E-state index in [9.17, 15) is 9.59 Å². The molecule has 1 N–H and O–H groups in total. The number of nitrogens with zero attached hydrogens (tertiary/aromatic N) is 5. The molecule has 1 aromatic heterocycles. The number of aryl methyl sites for hydroxylation is 2. The number of amides is 3. The van der Waals surface area contributed by atoms with Crippen molar-refractivity contribution < 1.29 is 14.3 Å². The van der Waals surface area contributed by atoms with Crippen molar-refractivity contribution >= 4 is 23.6 Å². The van der Waals surface area contributed by atoms with Crippen molar-refractivity contribution in [3.63, 3.8) is 0 Å². The summed E-state index contributed by atoms with van der Waals surface area (Å²) in [5.74, 6) is 1.56. The van der Waals surface area contributed by atoms with Gasteiger partial charge in [-0.05, 0) is 19.1 Å². The summed E-state index contributed by atoms with van der Waals surface area (Å²) >= 11 is 0. The molecule has 9 nitrogen and oxygen atoms in total. The second kappa shape index (κ2) is 7.65. The molecule has 1 unspecified atom stereocenters. The van der Waals surface area contributed by atoms with Crippen LogP contribution in [0.15, 0.2) is 24.3 Å². The van der Waals surface area contributed by atoms with Gasteiger partial charge >= 0.3 is 6.03 Å². The summed E-state index contributed by atoms with van der Waals surface area (Å²) in [6.45, 7) is 4.49. The molecule has 1 aromatic carbocycles. The zero-order chi connectivity index (χ0) is 19.6. The van der Waals surface area contributed by atoms with E-state index in [-0.39, 0.29) is 17.9 Å². The summed E-state index contributed by atoms with van der Waals surface area (Å²) < 4.78 is 6.86. The Morgan fingerprint density at radius 1 is 1.37 bits per heavy atom. The number of hydrogen-bond donors (Lipinski definition) is 1. The van der Waals surface area contributed by atoms with Crippen LogP contribution < -0.4 is 15.0 Å². The Hall–Kier alpha value is -3.10. The predicted octanol–water partition coefficient (Wildman–Crippen LogP) is 1.66. The van der Waals surface area contributed by atoms with Crippen LogP contribution in [0.1, 0.15) is 19.7 Å². The van der Waals surface area contributed by atoms with E-state index >= 15 is 0 Å². The van der Waals surface area contributed by atoms with Crippen LogP contribution in [-0.4, -0.2) is 57.8 Å². The number of rotatable bonds is 4. The lowest BCUT2D eigenvalue weighted by molar-refractivity contribution is -0.123. The number of carbonyl (C=O) groups excluding carboxylic acids is 2. The van der Waals surface area contributed by atoms with Crippen molar-refractivity contribution in [1.82, 2.24) is 19.7 Å². The second-order valence-electron chi connectivity index (χ2n) is 6.32. The Morgan fingerprint density at radius 3 is 2.81 bits per heavy atom. The third-order valence-electron chi connectivity index (χ3n) is 4.67. The topological polar surface area (TPSA) is 92.6 Å². The van der Waals surface area contributed by atoms with E-state index in [0.29, 0.717) is 25.3 Å². The van der Waals surface area contributed by atoms with E-state index in [1.165, 1.54) is 4.90 Å². The molecule has 0 saturated carbocycles. The summed E-state index contributed by atoms with van der Waals surface area (Å²) in [5, 5.41) is 6.86. The van der Waals surface area contributed by atoms with Crippen LogP contribution in [0, 0.1) is 0 Å². The number of carbonyl (C=O) groups is 2. The van der Waals surface area contributed by atoms with Crippen LogP contribution >= 0.6 is 0 Å². The van der Waals surface area contributed by atoms with Crippen molar-refractivity contribution in [2.75, 3.05) is 30.4 Å². The number of methoxy groups -OCH3 is 1. The number of ether oxygens (including phenoxy) is 1. The first-order valence-corrected chi connectivity index (χ1v) is 8.87. The minimum atomic E-state index is -0.598. The first-order chi connectivity index (χ1) is 12.9. The second-order valence-corrected chi connectivity index (χ2v) is 6.32. The summed E-state index contributed by atoms with van der Waals surface area (Å²) in [4.78, 5) is 32.9. The molecular weight excluding hydrogens is 348 g/mol. The fourth-order valence-electron chi connectivity index (χ4n) is 3.13. The smallest absolute Gasteiger partial charge is 0.325 e. The maximum atomic E-state index is 12.8. The molecule has 1 fully saturated rings. The molecule has 3 amide bonds. The van der Waals surface area contributed by atoms with Gasteiger partial charge in [-0.25, -0.2) is 4.79 Å². The van der Waals surface area contributed by atoms with Gasteiger partial charge in [0.15, 0.2) is 0 Å². The van der Waals surface area contributed by atoms with Crippen LogP contribution in [0.2, 0.25) is 0 Å². The number of anilines is 2. The zero-order valence-corrected chi connectivity index (χ0v) is 16.0. The van der Waals surface area contributed by atoms with Crippen molar-refractivity contribution in [1.29, 1.82) is 0 Å². The summed E-state index contributed by atoms with van der Waals surface area (Å²) in [6.07, 6.45) is 0.716. The standard InChI is InChI=1S/C18H24N6O3/c1-5-15-19-17(21-22(15)3)20-18(26)23-9-10-24(16(25)12(23)2)13-7-6-8-14(11-13)27-4/h6-8,11-12H,5,9-10H2,1-4H3,(H,20,21,26). The molecule has 1 atom stereocenters. The number of urea groups is 1. The molecule has 0 bridgehead atoms. The van der Waals surface area contributed by atoms with Crippen molar-refractivity contribution in [2.24, 2.45) is 7.05 Å². The average Bonchev–Trinajstić information content (AvgIpc) is 3.02. The summed E-state index contributed by atoms with van der Waals surface area (Å²) in [5.41, 5.74) is 0.755. The zero-order valence-electron chi connectivity index (χ0n) is 16.0. The monoisotopic (exact) mass is 372 g/mol. The molecule has 144 valence electrons. The molecule has 1 aliphatic rings. The van der Waals surface area contributed by atoms with Gasteiger partial charge in [0.05, 0.1) is 7.11 Å². The molecule has 0 aliphatic carbocycles. The van der Waals surface area contributed by atoms with Gasteiger partial charge in [-0.3, -0.25) is 14.8 Å². The molecule has 27 heavy (non-hydrogen) atoms. The van der Waals surface area contributed by atoms with Gasteiger partial charge in [0.1, 0.15) is 17.6 Å². The molecule has 1 saturated heterocycles. The van der Waals surface area contributed by atoms with Crippen molar-refractivity contribution in [2.45, 2.75) is 26.3 Å². The van der Waals surface area contributed by atoms with Crippen LogP contribution in [0.5, 0.6) is 5.75 Å². The summed E-state index contributed by atoms with van der Waals surface area (Å²) in [7, 11) is 3.36. The maximum Gasteiger partial charge on any atom is 0.325 e. The van der Waals surface area contributed by atoms with Crippen LogP contribution in [0.25, 0.3) is 0 Å². The van der Waals surface area contributed by atoms with E-state index in [4.69, 9.17) is 4.74 Å². The lowest BCUT2D eigenvalue weighted by Gasteiger charge is -2.38. The number of hydrogen-bond acceptors (Lipinski definition) is 5. The van der Waals surface area contributed by atoms with Gasteiger partial charge in [0.2, 0.25) is 11.9 Å². The number of aromatic nitrogens is 3. The summed E-state index contributed by atoms with van der Waals surface area (Å²) in [6, 6.07) is 6.35. The highest BCUT2D eigenvalue weighted by Gasteiger charge is 2.35. The molecular formula is C18H24N6O3.